The molecule has 2 aromatic heterocycles. The molecule has 236 valence electrons. The molecule has 0 unspecified atom stereocenters. The van der Waals surface area contributed by atoms with Gasteiger partial charge in [-0.2, -0.15) is 10.2 Å². The molecule has 2 aromatic rings. The average Bonchev–Trinajstić information content (AvgIpc) is 3.46. The molecule has 41 heavy (non-hydrogen) atoms. The van der Waals surface area contributed by atoms with Gasteiger partial charge in [0.1, 0.15) is 21.4 Å². The van der Waals surface area contributed by atoms with Gasteiger partial charge in [0.05, 0.1) is 11.4 Å². The van der Waals surface area contributed by atoms with Crippen LogP contribution < -0.4 is 0 Å². The van der Waals surface area contributed by atoms with Gasteiger partial charge in [-0.3, -0.25) is 14.2 Å². The Morgan fingerprint density at radius 1 is 0.829 bits per heavy atom. The Hall–Kier alpha value is -1.98. The van der Waals surface area contributed by atoms with Gasteiger partial charge in [0.25, 0.3) is 0 Å². The highest BCUT2D eigenvalue weighted by molar-refractivity contribution is 8.13. The summed E-state index contributed by atoms with van der Waals surface area (Å²) in [6.45, 7) is 17.8. The van der Waals surface area contributed by atoms with E-state index in [1.807, 2.05) is 51.2 Å². The van der Waals surface area contributed by atoms with Crippen molar-refractivity contribution in [3.05, 3.63) is 33.9 Å². The van der Waals surface area contributed by atoms with Crippen LogP contribution in [0.3, 0.4) is 0 Å². The predicted molar refractivity (Wildman–Crippen MR) is 179 cm³/mol. The number of aromatic nitrogens is 4. The molecule has 0 saturated heterocycles. The fourth-order valence-corrected chi connectivity index (χ4v) is 6.04. The molecule has 0 N–H and O–H groups in total. The fourth-order valence-electron chi connectivity index (χ4n) is 3.65. The third-order valence-electron chi connectivity index (χ3n) is 6.06. The standard InChI is InChI=1S/C12H19N3OS.C9H14N2OS.C5H8ClNO.3CH4/c1-8-10(9(2)15(5)13-8)7-17-11-6-12(3,4)16-14-11;1-6-9(5-13-8(3)12)7(2)11(4)10-6;1-5(2)3-4(6)7-8-5;;;/h6-7H2,1-5H3;5H2,1-4H3;3H2,1-2H3;3*1H4. The lowest BCUT2D eigenvalue weighted by Crippen LogP contribution is -2.18. The van der Waals surface area contributed by atoms with E-state index in [0.717, 1.165) is 46.5 Å². The van der Waals surface area contributed by atoms with Crippen molar-refractivity contribution in [1.29, 1.82) is 0 Å². The van der Waals surface area contributed by atoms with E-state index >= 15 is 0 Å². The molecular formula is C29H53ClN6O3S2. The first kappa shape index (κ1) is 41.2. The number of carbonyl (C=O) groups is 1. The average molecular weight is 633 g/mol. The number of aryl methyl sites for hydroxylation is 4. The summed E-state index contributed by atoms with van der Waals surface area (Å²) in [5, 5.41) is 18.2. The van der Waals surface area contributed by atoms with Gasteiger partial charge in [-0.15, -0.1) is 11.8 Å². The fraction of sp³-hybridized carbons (Fsp3) is 0.690. The Morgan fingerprint density at radius 2 is 1.27 bits per heavy atom. The van der Waals surface area contributed by atoms with Gasteiger partial charge in [0.15, 0.2) is 5.12 Å². The number of thioether (sulfide) groups is 2. The third kappa shape index (κ3) is 12.8. The third-order valence-corrected chi connectivity index (χ3v) is 8.08. The van der Waals surface area contributed by atoms with Crippen molar-refractivity contribution in [3.63, 3.8) is 0 Å². The number of halogens is 1. The van der Waals surface area contributed by atoms with Crippen molar-refractivity contribution in [3.8, 4) is 0 Å². The van der Waals surface area contributed by atoms with E-state index in [9.17, 15) is 4.79 Å². The van der Waals surface area contributed by atoms with E-state index in [1.54, 1.807) is 18.7 Å². The monoisotopic (exact) mass is 632 g/mol. The highest BCUT2D eigenvalue weighted by Gasteiger charge is 2.29. The number of nitrogens with zero attached hydrogens (tertiary/aromatic N) is 6. The second-order valence-electron chi connectivity index (χ2n) is 10.6. The zero-order chi connectivity index (χ0) is 28.8. The van der Waals surface area contributed by atoms with Crippen LogP contribution in [0, 0.1) is 27.7 Å². The summed E-state index contributed by atoms with van der Waals surface area (Å²) >= 11 is 8.61. The molecule has 4 rings (SSSR count). The minimum Gasteiger partial charge on any atom is -0.389 e. The molecule has 0 atom stereocenters. The van der Waals surface area contributed by atoms with Gasteiger partial charge >= 0.3 is 0 Å². The SMILES string of the molecule is C.C.C.CC(=O)SCc1c(C)nn(C)c1C.CC1(C)CC(Cl)=NO1.Cc1nn(C)c(C)c1CSC1=NOC(C)(C)C1. The molecule has 0 radical (unpaired) electrons. The maximum absolute atomic E-state index is 10.8. The van der Waals surface area contributed by atoms with Crippen molar-refractivity contribution >= 4 is 50.5 Å². The van der Waals surface area contributed by atoms with Crippen LogP contribution in [0.25, 0.3) is 0 Å². The van der Waals surface area contributed by atoms with E-state index in [4.69, 9.17) is 21.3 Å². The van der Waals surface area contributed by atoms with Crippen molar-refractivity contribution in [2.45, 2.75) is 120 Å². The van der Waals surface area contributed by atoms with Crippen LogP contribution in [-0.4, -0.2) is 46.1 Å². The summed E-state index contributed by atoms with van der Waals surface area (Å²) in [4.78, 5) is 21.0. The Kier molecular flexibility index (Phi) is 17.3. The minimum atomic E-state index is -0.170. The van der Waals surface area contributed by atoms with Gasteiger partial charge in [-0.25, -0.2) is 0 Å². The molecule has 12 heteroatoms. The van der Waals surface area contributed by atoms with E-state index in [-0.39, 0.29) is 38.6 Å². The normalized spacial score (nSPS) is 15.6. The molecule has 0 fully saturated rings. The molecule has 0 aliphatic carbocycles. The van der Waals surface area contributed by atoms with Gasteiger partial charge in [0, 0.05) is 67.9 Å². The Labute approximate surface area is 262 Å². The van der Waals surface area contributed by atoms with E-state index in [0.29, 0.717) is 5.17 Å². The van der Waals surface area contributed by atoms with Crippen LogP contribution in [-0.2, 0) is 40.1 Å². The summed E-state index contributed by atoms with van der Waals surface area (Å²) in [5.74, 6) is 1.66. The summed E-state index contributed by atoms with van der Waals surface area (Å²) < 4.78 is 3.79. The molecule has 9 nitrogen and oxygen atoms in total. The summed E-state index contributed by atoms with van der Waals surface area (Å²) in [7, 11) is 3.90. The predicted octanol–water partition coefficient (Wildman–Crippen LogP) is 8.25. The van der Waals surface area contributed by atoms with E-state index in [1.165, 1.54) is 28.6 Å². The smallest absolute Gasteiger partial charge is 0.186 e. The van der Waals surface area contributed by atoms with Crippen LogP contribution >= 0.6 is 35.1 Å². The van der Waals surface area contributed by atoms with E-state index < -0.39 is 0 Å². The number of rotatable bonds is 4. The van der Waals surface area contributed by atoms with Crippen molar-refractivity contribution in [2.24, 2.45) is 24.4 Å². The Bertz CT molecular complexity index is 1200. The van der Waals surface area contributed by atoms with Gasteiger partial charge in [-0.1, -0.05) is 56.0 Å². The van der Waals surface area contributed by atoms with Crippen LogP contribution in [0.2, 0.25) is 0 Å². The lowest BCUT2D eigenvalue weighted by molar-refractivity contribution is -0.109. The molecule has 2 aliphatic rings. The first-order valence-corrected chi connectivity index (χ1v) is 14.8. The first-order valence-electron chi connectivity index (χ1n) is 12.4. The van der Waals surface area contributed by atoms with Gasteiger partial charge < -0.3 is 9.68 Å². The second-order valence-corrected chi connectivity index (χ2v) is 13.3. The number of carbonyl (C=O) groups excluding carboxylic acids is 1. The molecule has 0 spiro atoms. The van der Waals surface area contributed by atoms with Gasteiger partial charge in [-0.05, 0) is 55.4 Å². The molecule has 0 aromatic carbocycles. The number of hydrogen-bond acceptors (Lipinski definition) is 9. The summed E-state index contributed by atoms with van der Waals surface area (Å²) in [5.41, 5.74) is 6.69. The molecule has 0 amide bonds. The number of oxime groups is 2. The summed E-state index contributed by atoms with van der Waals surface area (Å²) in [6, 6.07) is 0. The maximum atomic E-state index is 10.8. The highest BCUT2D eigenvalue weighted by atomic mass is 35.5. The van der Waals surface area contributed by atoms with Crippen LogP contribution in [0.4, 0.5) is 0 Å². The molecular weight excluding hydrogens is 580 g/mol. The minimum absolute atomic E-state index is 0. The lowest BCUT2D eigenvalue weighted by atomic mass is 10.1. The molecule has 2 aliphatic heterocycles. The quantitative estimate of drug-likeness (QED) is 0.335. The zero-order valence-corrected chi connectivity index (χ0v) is 26.8. The van der Waals surface area contributed by atoms with Gasteiger partial charge in [0.2, 0.25) is 0 Å². The zero-order valence-electron chi connectivity index (χ0n) is 24.4. The van der Waals surface area contributed by atoms with E-state index in [2.05, 4.69) is 48.2 Å². The molecule has 4 heterocycles. The first-order chi connectivity index (χ1) is 17.5. The lowest BCUT2D eigenvalue weighted by Gasteiger charge is -2.13. The molecule has 0 saturated carbocycles. The topological polar surface area (TPSA) is 95.9 Å². The molecule has 0 bridgehead atoms. The number of hydrogen-bond donors (Lipinski definition) is 0. The Balaban J connectivity index is 0. The highest BCUT2D eigenvalue weighted by Crippen LogP contribution is 2.30. The van der Waals surface area contributed by atoms with Crippen molar-refractivity contribution in [2.75, 3.05) is 0 Å². The van der Waals surface area contributed by atoms with Crippen LogP contribution in [0.15, 0.2) is 10.3 Å². The summed E-state index contributed by atoms with van der Waals surface area (Å²) in [6.07, 6.45) is 1.63. The van der Waals surface area contributed by atoms with Crippen molar-refractivity contribution in [1.82, 2.24) is 19.6 Å². The van der Waals surface area contributed by atoms with Crippen LogP contribution in [0.5, 0.6) is 0 Å². The second kappa shape index (κ2) is 17.2. The van der Waals surface area contributed by atoms with Crippen LogP contribution in [0.1, 0.15) is 104 Å². The Morgan fingerprint density at radius 3 is 1.56 bits per heavy atom. The largest absolute Gasteiger partial charge is 0.389 e. The maximum Gasteiger partial charge on any atom is 0.186 e. The van der Waals surface area contributed by atoms with Crippen molar-refractivity contribution < 1.29 is 14.5 Å².